The topological polar surface area (TPSA) is 401 Å². The van der Waals surface area contributed by atoms with Gasteiger partial charge in [0.05, 0.1) is 159 Å². The van der Waals surface area contributed by atoms with E-state index in [1.54, 1.807) is 152 Å². The van der Waals surface area contributed by atoms with Gasteiger partial charge in [0.25, 0.3) is 0 Å². The number of nitrogens with zero attached hydrogens (tertiary/aromatic N) is 6. The van der Waals surface area contributed by atoms with Crippen LogP contribution in [0.15, 0.2) is 157 Å². The number of nitrogens with two attached hydrogens (primary N) is 7. The van der Waals surface area contributed by atoms with E-state index in [1.165, 1.54) is 55.1 Å². The number of hydrogen-bond donors (Lipinski definition) is 14. The number of aromatic nitrogens is 6. The van der Waals surface area contributed by atoms with Crippen LogP contribution in [-0.4, -0.2) is 65.6 Å². The monoisotopic (exact) mass is 1670 g/mol. The summed E-state index contributed by atoms with van der Waals surface area (Å²) in [6, 6.07) is 31.6. The van der Waals surface area contributed by atoms with Crippen molar-refractivity contribution in [1.82, 2.24) is 29.9 Å². The van der Waals surface area contributed by atoms with E-state index in [1.807, 2.05) is 42.5 Å². The first-order valence-electron chi connectivity index (χ1n) is 33.7. The highest BCUT2D eigenvalue weighted by molar-refractivity contribution is 9.10. The Bertz CT molecular complexity index is 5450. The molecule has 0 radical (unpaired) electrons. The summed E-state index contributed by atoms with van der Waals surface area (Å²) in [5.41, 5.74) is 43.6. The number of pyridine rings is 6. The van der Waals surface area contributed by atoms with Crippen molar-refractivity contribution >= 4 is 179 Å². The molecule has 0 aliphatic carbocycles. The Kier molecular flexibility index (Phi) is 27.6. The highest BCUT2D eigenvalue weighted by atomic mass is 79.9. The average molecular weight is 1670 g/mol. The van der Waals surface area contributed by atoms with Gasteiger partial charge in [-0.1, -0.05) is 98.2 Å². The lowest BCUT2D eigenvalue weighted by atomic mass is 9.93. The summed E-state index contributed by atoms with van der Waals surface area (Å²) in [6.07, 6.45) is 8.92. The number of anilines is 7. The maximum atomic E-state index is 13.8. The predicted molar refractivity (Wildman–Crippen MR) is 447 cm³/mol. The standard InChI is InChI=1S/C12H12Cl2N2O.2C12H12ClFN2O.C12H13ClN2O.C12H13FN2O.C12H14N2O.C9H12BrNO/c1-12(2,17)11-8(15)5-16-9-4-6(13)3-7(14)10(9)11;1-12(2,17)11-8(15)5-16-9-4-6(14)3-7(13)10(9)11;1-12(2,17)10-7(15)5-16-8-4-3-6(14)11(13)9(8)10;1-12(2,16)11-8-5-7(13)3-4-10(8)15-6-9(11)14;1-12(2,16)11-8(14)6-15-9-5-3-4-7(13)10(9)11;1-12(2,15)11-8-5-3-4-6-10(8)14-7-9(11)13;1-9(2,12)7-5-6(10)3-4-8(7)11/h3*3-5,17H,15H2,1-2H3;2*3-6,16H,14H2,1-2H3;3-7,15H,13H2,1-2H3;3-5,12H,11H2,1-2H3. The first-order chi connectivity index (χ1) is 50.6. The van der Waals surface area contributed by atoms with Crippen LogP contribution in [0.2, 0.25) is 25.1 Å². The van der Waals surface area contributed by atoms with Gasteiger partial charge in [-0.05, 0) is 182 Å². The Hall–Kier alpha value is -8.96. The van der Waals surface area contributed by atoms with Crippen molar-refractivity contribution < 1.29 is 48.9 Å². The van der Waals surface area contributed by atoms with Crippen molar-refractivity contribution in [3.8, 4) is 0 Å². The SMILES string of the molecule is CC(C)(O)c1c(N)cnc2cc(Cl)cc(Cl)c12.CC(C)(O)c1c(N)cnc2cc(F)cc(Cl)c12.CC(C)(O)c1c(N)cnc2ccc(Cl)cc12.CC(C)(O)c1c(N)cnc2ccc(F)c(Cl)c12.CC(C)(O)c1c(N)cnc2cccc(F)c12.CC(C)(O)c1c(N)cnc2ccccc12.CC(C)(O)c1cc(Br)ccc1N. The largest absolute Gasteiger partial charge is 0.398 e. The fourth-order valence-corrected chi connectivity index (χ4v) is 14.0. The van der Waals surface area contributed by atoms with Crippen LogP contribution in [-0.2, 0) is 39.2 Å². The van der Waals surface area contributed by atoms with Gasteiger partial charge in [0.15, 0.2) is 0 Å². The second-order valence-electron chi connectivity index (χ2n) is 29.3. The van der Waals surface area contributed by atoms with Crippen LogP contribution >= 0.6 is 73.9 Å². The molecule has 6 heterocycles. The summed E-state index contributed by atoms with van der Waals surface area (Å²) in [5, 5.41) is 75.4. The van der Waals surface area contributed by atoms with Gasteiger partial charge in [0.1, 0.15) is 17.5 Å². The van der Waals surface area contributed by atoms with E-state index in [4.69, 9.17) is 98.1 Å². The molecule has 6 aromatic heterocycles. The maximum absolute atomic E-state index is 13.8. The Morgan fingerprint density at radius 1 is 0.309 bits per heavy atom. The number of fused-ring (bicyclic) bond motifs is 6. The van der Waals surface area contributed by atoms with E-state index in [-0.39, 0.29) is 21.1 Å². The molecule has 0 saturated heterocycles. The molecule has 0 fully saturated rings. The maximum Gasteiger partial charge on any atom is 0.142 e. The molecule has 582 valence electrons. The molecule has 0 amide bonds. The average Bonchev–Trinajstić information content (AvgIpc) is 0.878. The first-order valence-corrected chi connectivity index (χ1v) is 36.4. The summed E-state index contributed by atoms with van der Waals surface area (Å²) in [7, 11) is 0. The quantitative estimate of drug-likeness (QED) is 0.0659. The van der Waals surface area contributed by atoms with Crippen molar-refractivity contribution in [3.05, 3.63) is 238 Å². The van der Waals surface area contributed by atoms with Gasteiger partial charge in [0.2, 0.25) is 0 Å². The fraction of sp³-hybridized carbons (Fsp3) is 0.259. The van der Waals surface area contributed by atoms with Crippen LogP contribution in [0.25, 0.3) is 65.4 Å². The van der Waals surface area contributed by atoms with E-state index < -0.39 is 56.7 Å². The summed E-state index contributed by atoms with van der Waals surface area (Å²) in [4.78, 5) is 24.7. The van der Waals surface area contributed by atoms with Gasteiger partial charge in [0, 0.05) is 97.5 Å². The summed E-state index contributed by atoms with van der Waals surface area (Å²) < 4.78 is 41.3. The Morgan fingerprint density at radius 3 is 1.15 bits per heavy atom. The third kappa shape index (κ3) is 21.4. The minimum atomic E-state index is -1.22. The van der Waals surface area contributed by atoms with Crippen molar-refractivity contribution in [3.63, 3.8) is 0 Å². The molecule has 0 aliphatic heterocycles. The molecule has 13 aromatic rings. The Balaban J connectivity index is 0.000000179. The molecule has 21 N–H and O–H groups in total. The van der Waals surface area contributed by atoms with E-state index in [9.17, 15) is 48.9 Å². The molecule has 110 heavy (non-hydrogen) atoms. The van der Waals surface area contributed by atoms with Crippen LogP contribution in [0, 0.1) is 17.5 Å². The Morgan fingerprint density at radius 2 is 0.682 bits per heavy atom. The molecule has 0 atom stereocenters. The summed E-state index contributed by atoms with van der Waals surface area (Å²) in [5.74, 6) is -1.45. The van der Waals surface area contributed by atoms with Crippen molar-refractivity contribution in [2.75, 3.05) is 40.1 Å². The van der Waals surface area contributed by atoms with Gasteiger partial charge in [-0.2, -0.15) is 0 Å². The lowest BCUT2D eigenvalue weighted by molar-refractivity contribution is 0.0789. The third-order valence-electron chi connectivity index (χ3n) is 16.7. The molecule has 0 spiro atoms. The lowest BCUT2D eigenvalue weighted by Gasteiger charge is -2.22. The highest BCUT2D eigenvalue weighted by Crippen LogP contribution is 2.42. The summed E-state index contributed by atoms with van der Waals surface area (Å²) in [6.45, 7) is 23.1. The van der Waals surface area contributed by atoms with Crippen LogP contribution in [0.4, 0.5) is 53.0 Å². The fourth-order valence-electron chi connectivity index (χ4n) is 12.4. The smallest absolute Gasteiger partial charge is 0.142 e. The Labute approximate surface area is 668 Å². The van der Waals surface area contributed by atoms with Crippen molar-refractivity contribution in [2.24, 2.45) is 0 Å². The number of hydrogen-bond acceptors (Lipinski definition) is 20. The zero-order chi connectivity index (χ0) is 82.6. The van der Waals surface area contributed by atoms with E-state index in [0.29, 0.717) is 115 Å². The molecule has 13 rings (SSSR count). The molecule has 29 heteroatoms. The number of para-hydroxylation sites is 1. The zero-order valence-electron chi connectivity index (χ0n) is 62.7. The van der Waals surface area contributed by atoms with Gasteiger partial charge in [-0.15, -0.1) is 0 Å². The van der Waals surface area contributed by atoms with Crippen molar-refractivity contribution in [1.29, 1.82) is 0 Å². The lowest BCUT2D eigenvalue weighted by Crippen LogP contribution is -2.19. The van der Waals surface area contributed by atoms with Crippen LogP contribution < -0.4 is 40.1 Å². The van der Waals surface area contributed by atoms with Crippen molar-refractivity contribution in [2.45, 2.75) is 136 Å². The van der Waals surface area contributed by atoms with Gasteiger partial charge < -0.3 is 75.9 Å². The molecular weight excluding hydrogens is 1580 g/mol. The van der Waals surface area contributed by atoms with E-state index in [2.05, 4.69) is 45.8 Å². The van der Waals surface area contributed by atoms with Gasteiger partial charge >= 0.3 is 0 Å². The second kappa shape index (κ2) is 34.3. The molecule has 0 unspecified atom stereocenters. The second-order valence-corrected chi connectivity index (χ2v) is 32.3. The minimum absolute atomic E-state index is 0.0700. The molecular formula is C81H88BrCl5F3N13O7. The van der Waals surface area contributed by atoms with E-state index >= 15 is 0 Å². The number of nitrogen functional groups attached to an aromatic ring is 7. The predicted octanol–water partition coefficient (Wildman–Crippen LogP) is 18.2. The molecule has 7 aromatic carbocycles. The molecule has 20 nitrogen and oxygen atoms in total. The molecule has 0 saturated carbocycles. The van der Waals surface area contributed by atoms with Gasteiger partial charge in [-0.25, -0.2) is 13.2 Å². The number of benzene rings is 7. The van der Waals surface area contributed by atoms with Crippen LogP contribution in [0.3, 0.4) is 0 Å². The van der Waals surface area contributed by atoms with Crippen LogP contribution in [0.1, 0.15) is 136 Å². The summed E-state index contributed by atoms with van der Waals surface area (Å²) >= 11 is 33.3. The number of halogens is 9. The van der Waals surface area contributed by atoms with Gasteiger partial charge in [-0.3, -0.25) is 29.9 Å². The highest BCUT2D eigenvalue weighted by Gasteiger charge is 2.30. The van der Waals surface area contributed by atoms with E-state index in [0.717, 1.165) is 37.4 Å². The molecule has 0 bridgehead atoms. The van der Waals surface area contributed by atoms with Crippen LogP contribution in [0.5, 0.6) is 0 Å². The molecule has 0 aliphatic rings. The number of aliphatic hydroxyl groups is 7. The normalized spacial score (nSPS) is 12.0. The number of rotatable bonds is 7. The third-order valence-corrected chi connectivity index (χ3v) is 18.6. The zero-order valence-corrected chi connectivity index (χ0v) is 68.1. The minimum Gasteiger partial charge on any atom is -0.398 e. The first kappa shape index (κ1) is 88.3.